The molecule has 140 valence electrons. The number of amides is 1. The molecule has 1 amide bonds. The number of nitriles is 1. The number of anilines is 1. The summed E-state index contributed by atoms with van der Waals surface area (Å²) in [4.78, 5) is 12.4. The number of nitrogens with one attached hydrogen (secondary N) is 1. The lowest BCUT2D eigenvalue weighted by Crippen LogP contribution is -2.14. The first-order valence-corrected chi connectivity index (χ1v) is 8.76. The van der Waals surface area contributed by atoms with Gasteiger partial charge in [-0.3, -0.25) is 4.79 Å². The van der Waals surface area contributed by atoms with Crippen molar-refractivity contribution in [2.75, 3.05) is 5.32 Å². The van der Waals surface area contributed by atoms with E-state index in [2.05, 4.69) is 11.4 Å². The molecule has 0 saturated carbocycles. The minimum Gasteiger partial charge on any atom is -0.489 e. The van der Waals surface area contributed by atoms with E-state index in [1.807, 2.05) is 19.1 Å². The van der Waals surface area contributed by atoms with Gasteiger partial charge < -0.3 is 10.1 Å². The molecule has 4 nitrogen and oxygen atoms in total. The number of ether oxygens (including phenoxy) is 1. The second-order valence-corrected chi connectivity index (χ2v) is 6.52. The Morgan fingerprint density at radius 3 is 2.68 bits per heavy atom. The fourth-order valence-electron chi connectivity index (χ4n) is 2.77. The van der Waals surface area contributed by atoms with Gasteiger partial charge in [-0.25, -0.2) is 4.39 Å². The van der Waals surface area contributed by atoms with Crippen LogP contribution in [0.25, 0.3) is 0 Å². The molecule has 3 aromatic rings. The van der Waals surface area contributed by atoms with E-state index in [1.165, 1.54) is 12.1 Å². The molecule has 0 aromatic heterocycles. The summed E-state index contributed by atoms with van der Waals surface area (Å²) >= 11 is 0. The Morgan fingerprint density at radius 2 is 1.93 bits per heavy atom. The van der Waals surface area contributed by atoms with Crippen molar-refractivity contribution in [2.45, 2.75) is 20.5 Å². The average Bonchev–Trinajstić information content (AvgIpc) is 2.70. The topological polar surface area (TPSA) is 62.1 Å². The van der Waals surface area contributed by atoms with Crippen molar-refractivity contribution in [3.05, 3.63) is 94.3 Å². The summed E-state index contributed by atoms with van der Waals surface area (Å²) in [6.07, 6.45) is 0. The molecule has 0 aliphatic rings. The van der Waals surface area contributed by atoms with Crippen LogP contribution in [0.5, 0.6) is 5.75 Å². The van der Waals surface area contributed by atoms with Crippen molar-refractivity contribution in [2.24, 2.45) is 0 Å². The van der Waals surface area contributed by atoms with E-state index in [4.69, 9.17) is 10.00 Å². The van der Waals surface area contributed by atoms with Crippen LogP contribution in [0.4, 0.5) is 10.1 Å². The van der Waals surface area contributed by atoms with Crippen LogP contribution in [-0.2, 0) is 6.61 Å². The normalized spacial score (nSPS) is 10.2. The Bertz CT molecular complexity index is 1070. The third-order valence-corrected chi connectivity index (χ3v) is 4.27. The molecule has 0 heterocycles. The van der Waals surface area contributed by atoms with E-state index < -0.39 is 11.7 Å². The highest BCUT2D eigenvalue weighted by atomic mass is 19.1. The smallest absolute Gasteiger partial charge is 0.258 e. The minimum absolute atomic E-state index is 0.0112. The largest absolute Gasteiger partial charge is 0.489 e. The standard InChI is InChI=1S/C23H19FN2O2/c1-15-6-8-21(24)20(10-15)23(27)26-22-9-7-19(11-16(22)2)28-14-18-5-3-4-17(12-18)13-25/h3-12H,14H2,1-2H3,(H,26,27). The van der Waals surface area contributed by atoms with Crippen LogP contribution < -0.4 is 10.1 Å². The number of carbonyl (C=O) groups is 1. The zero-order valence-corrected chi connectivity index (χ0v) is 15.6. The zero-order valence-electron chi connectivity index (χ0n) is 15.6. The fourth-order valence-corrected chi connectivity index (χ4v) is 2.77. The highest BCUT2D eigenvalue weighted by Gasteiger charge is 2.13. The Labute approximate surface area is 163 Å². The number of nitrogens with zero attached hydrogens (tertiary/aromatic N) is 1. The van der Waals surface area contributed by atoms with Crippen molar-refractivity contribution in [1.82, 2.24) is 0 Å². The fraction of sp³-hybridized carbons (Fsp3) is 0.130. The Kier molecular flexibility index (Phi) is 5.71. The van der Waals surface area contributed by atoms with Crippen molar-refractivity contribution >= 4 is 11.6 Å². The van der Waals surface area contributed by atoms with Gasteiger partial charge in [-0.05, 0) is 67.4 Å². The number of hydrogen-bond acceptors (Lipinski definition) is 3. The number of carbonyl (C=O) groups excluding carboxylic acids is 1. The number of halogens is 1. The van der Waals surface area contributed by atoms with Gasteiger partial charge in [0.2, 0.25) is 0 Å². The van der Waals surface area contributed by atoms with E-state index in [-0.39, 0.29) is 5.56 Å². The molecule has 0 unspecified atom stereocenters. The third kappa shape index (κ3) is 4.54. The molecule has 3 rings (SSSR count). The van der Waals surface area contributed by atoms with Gasteiger partial charge in [0.1, 0.15) is 18.2 Å². The average molecular weight is 374 g/mol. The SMILES string of the molecule is Cc1ccc(F)c(C(=O)Nc2ccc(OCc3cccc(C#N)c3)cc2C)c1. The predicted octanol–water partition coefficient (Wildman–Crippen LogP) is 5.15. The zero-order chi connectivity index (χ0) is 20.1. The lowest BCUT2D eigenvalue weighted by Gasteiger charge is -2.12. The van der Waals surface area contributed by atoms with Crippen LogP contribution in [0.15, 0.2) is 60.7 Å². The van der Waals surface area contributed by atoms with Crippen LogP contribution in [-0.4, -0.2) is 5.91 Å². The van der Waals surface area contributed by atoms with Crippen molar-refractivity contribution < 1.29 is 13.9 Å². The van der Waals surface area contributed by atoms with E-state index in [0.29, 0.717) is 23.6 Å². The van der Waals surface area contributed by atoms with Gasteiger partial charge >= 0.3 is 0 Å². The molecule has 0 spiro atoms. The Morgan fingerprint density at radius 1 is 1.11 bits per heavy atom. The van der Waals surface area contributed by atoms with Gasteiger partial charge in [-0.15, -0.1) is 0 Å². The molecule has 0 saturated heterocycles. The van der Waals surface area contributed by atoms with Crippen LogP contribution in [0.1, 0.15) is 32.6 Å². The third-order valence-electron chi connectivity index (χ3n) is 4.27. The molecule has 0 atom stereocenters. The van der Waals surface area contributed by atoms with Gasteiger partial charge in [0.25, 0.3) is 5.91 Å². The first-order valence-electron chi connectivity index (χ1n) is 8.76. The summed E-state index contributed by atoms with van der Waals surface area (Å²) < 4.78 is 19.7. The van der Waals surface area contributed by atoms with Gasteiger partial charge in [-0.2, -0.15) is 5.26 Å². The monoisotopic (exact) mass is 374 g/mol. The molecular formula is C23H19FN2O2. The van der Waals surface area contributed by atoms with Crippen molar-refractivity contribution in [3.63, 3.8) is 0 Å². The van der Waals surface area contributed by atoms with Crippen LogP contribution in [0, 0.1) is 31.0 Å². The van der Waals surface area contributed by atoms with E-state index >= 15 is 0 Å². The van der Waals surface area contributed by atoms with Gasteiger partial charge in [-0.1, -0.05) is 23.8 Å². The van der Waals surface area contributed by atoms with Crippen LogP contribution in [0.2, 0.25) is 0 Å². The second-order valence-electron chi connectivity index (χ2n) is 6.52. The summed E-state index contributed by atoms with van der Waals surface area (Å²) in [5.41, 5.74) is 3.68. The molecule has 1 N–H and O–H groups in total. The number of aryl methyl sites for hydroxylation is 2. The highest BCUT2D eigenvalue weighted by Crippen LogP contribution is 2.23. The first-order chi connectivity index (χ1) is 13.5. The van der Waals surface area contributed by atoms with Crippen molar-refractivity contribution in [3.8, 4) is 11.8 Å². The molecular weight excluding hydrogens is 355 g/mol. The van der Waals surface area contributed by atoms with Gasteiger partial charge in [0, 0.05) is 5.69 Å². The quantitative estimate of drug-likeness (QED) is 0.672. The Balaban J connectivity index is 1.69. The van der Waals surface area contributed by atoms with Crippen molar-refractivity contribution in [1.29, 1.82) is 5.26 Å². The summed E-state index contributed by atoms with van der Waals surface area (Å²) in [6.45, 7) is 3.97. The molecule has 0 radical (unpaired) electrons. The number of hydrogen-bond donors (Lipinski definition) is 1. The van der Waals surface area contributed by atoms with Crippen LogP contribution in [0.3, 0.4) is 0 Å². The molecule has 0 bridgehead atoms. The molecule has 0 aliphatic heterocycles. The van der Waals surface area contributed by atoms with Gasteiger partial charge in [0.15, 0.2) is 0 Å². The molecule has 0 aliphatic carbocycles. The van der Waals surface area contributed by atoms with E-state index in [9.17, 15) is 9.18 Å². The molecule has 5 heteroatoms. The maximum Gasteiger partial charge on any atom is 0.258 e. The highest BCUT2D eigenvalue weighted by molar-refractivity contribution is 6.05. The number of rotatable bonds is 5. The van der Waals surface area contributed by atoms with E-state index in [0.717, 1.165) is 16.7 Å². The second kappa shape index (κ2) is 8.36. The summed E-state index contributed by atoms with van der Waals surface area (Å²) in [5, 5.41) is 11.7. The summed E-state index contributed by atoms with van der Waals surface area (Å²) in [7, 11) is 0. The maximum atomic E-state index is 13.9. The molecule has 28 heavy (non-hydrogen) atoms. The predicted molar refractivity (Wildman–Crippen MR) is 106 cm³/mol. The maximum absolute atomic E-state index is 13.9. The summed E-state index contributed by atoms with van der Waals surface area (Å²) in [5.74, 6) is -0.411. The number of benzene rings is 3. The summed E-state index contributed by atoms with van der Waals surface area (Å²) in [6, 6.07) is 19.0. The van der Waals surface area contributed by atoms with Gasteiger partial charge in [0.05, 0.1) is 17.2 Å². The lowest BCUT2D eigenvalue weighted by molar-refractivity contribution is 0.102. The first kappa shape index (κ1) is 19.1. The minimum atomic E-state index is -0.555. The Hall–Kier alpha value is -3.65. The molecule has 3 aromatic carbocycles. The van der Waals surface area contributed by atoms with E-state index in [1.54, 1.807) is 43.3 Å². The molecule has 0 fully saturated rings. The lowest BCUT2D eigenvalue weighted by atomic mass is 10.1. The van der Waals surface area contributed by atoms with Crippen LogP contribution >= 0.6 is 0 Å².